The van der Waals surface area contributed by atoms with Gasteiger partial charge in [-0.1, -0.05) is 58.0 Å². The highest BCUT2D eigenvalue weighted by atomic mass is 16.5. The Balaban J connectivity index is 1.43. The van der Waals surface area contributed by atoms with Gasteiger partial charge >= 0.3 is 6.09 Å². The summed E-state index contributed by atoms with van der Waals surface area (Å²) in [6.45, 7) is 7.76. The Morgan fingerprint density at radius 3 is 2.52 bits per heavy atom. The van der Waals surface area contributed by atoms with Crippen LogP contribution in [0.15, 0.2) is 52.9 Å². The van der Waals surface area contributed by atoms with Crippen molar-refractivity contribution in [2.75, 3.05) is 6.54 Å². The number of hydrogen-bond acceptors (Lipinski definition) is 8. The van der Waals surface area contributed by atoms with E-state index in [0.717, 1.165) is 5.56 Å². The molecule has 1 unspecified atom stereocenters. The zero-order chi connectivity index (χ0) is 30.4. The van der Waals surface area contributed by atoms with Crippen LogP contribution in [0, 0.1) is 23.2 Å². The quantitative estimate of drug-likeness (QED) is 0.329. The van der Waals surface area contributed by atoms with Crippen LogP contribution < -0.4 is 10.6 Å². The average Bonchev–Trinajstić information content (AvgIpc) is 3.64. The van der Waals surface area contributed by atoms with E-state index in [9.17, 15) is 19.5 Å². The minimum atomic E-state index is -1.26. The maximum Gasteiger partial charge on any atom is 0.408 e. The normalized spacial score (nSPS) is 17.1. The van der Waals surface area contributed by atoms with Gasteiger partial charge in [0.2, 0.25) is 17.7 Å². The molecule has 2 heterocycles. The molecule has 3 aromatic rings. The van der Waals surface area contributed by atoms with Gasteiger partial charge in [-0.25, -0.2) is 9.78 Å². The number of aliphatic hydroxyl groups is 1. The van der Waals surface area contributed by atoms with Crippen molar-refractivity contribution in [1.29, 1.82) is 5.26 Å². The van der Waals surface area contributed by atoms with Crippen LogP contribution >= 0.6 is 0 Å². The minimum absolute atomic E-state index is 0.0246. The Labute approximate surface area is 244 Å². The third-order valence-electron chi connectivity index (χ3n) is 7.41. The second-order valence-corrected chi connectivity index (χ2v) is 11.2. The Hall–Kier alpha value is -4.43. The topological polar surface area (TPSA) is 158 Å². The fourth-order valence-electron chi connectivity index (χ4n) is 5.05. The molecule has 0 saturated carbocycles. The molecule has 0 bridgehead atoms. The summed E-state index contributed by atoms with van der Waals surface area (Å²) in [7, 11) is 0. The van der Waals surface area contributed by atoms with Gasteiger partial charge in [-0.15, -0.1) is 0 Å². The molecule has 4 atom stereocenters. The van der Waals surface area contributed by atoms with Gasteiger partial charge in [0.05, 0.1) is 17.7 Å². The molecule has 3 N–H and O–H groups in total. The van der Waals surface area contributed by atoms with E-state index in [-0.39, 0.29) is 30.2 Å². The zero-order valence-corrected chi connectivity index (χ0v) is 24.2. The second kappa shape index (κ2) is 13.5. The predicted molar refractivity (Wildman–Crippen MR) is 154 cm³/mol. The first-order valence-corrected chi connectivity index (χ1v) is 14.2. The van der Waals surface area contributed by atoms with Crippen LogP contribution in [0.4, 0.5) is 4.79 Å². The molecular weight excluding hydrogens is 538 g/mol. The molecule has 4 rings (SSSR count). The molecule has 0 spiro atoms. The fraction of sp³-hybridized carbons (Fsp3) is 0.452. The molecular formula is C31H37N5O6. The highest BCUT2D eigenvalue weighted by Gasteiger charge is 2.40. The molecule has 222 valence electrons. The Morgan fingerprint density at radius 2 is 1.86 bits per heavy atom. The van der Waals surface area contributed by atoms with Crippen molar-refractivity contribution in [3.63, 3.8) is 0 Å². The van der Waals surface area contributed by atoms with Crippen molar-refractivity contribution >= 4 is 29.0 Å². The van der Waals surface area contributed by atoms with Crippen molar-refractivity contribution in [1.82, 2.24) is 20.5 Å². The molecule has 0 radical (unpaired) electrons. The number of nitriles is 1. The number of carbonyl (C=O) groups is 3. The molecule has 1 aliphatic heterocycles. The molecule has 1 saturated heterocycles. The number of amides is 3. The fourth-order valence-corrected chi connectivity index (χ4v) is 5.05. The lowest BCUT2D eigenvalue weighted by Gasteiger charge is -2.32. The number of benzene rings is 2. The van der Waals surface area contributed by atoms with Gasteiger partial charge < -0.3 is 29.8 Å². The van der Waals surface area contributed by atoms with E-state index in [4.69, 9.17) is 14.4 Å². The van der Waals surface area contributed by atoms with E-state index < -0.39 is 36.2 Å². The minimum Gasteiger partial charge on any atom is -0.445 e. The van der Waals surface area contributed by atoms with Gasteiger partial charge in [-0.05, 0) is 48.4 Å². The number of oxazole rings is 1. The number of aromatic nitrogens is 1. The van der Waals surface area contributed by atoms with E-state index >= 15 is 0 Å². The van der Waals surface area contributed by atoms with Crippen molar-refractivity contribution < 1.29 is 28.6 Å². The summed E-state index contributed by atoms with van der Waals surface area (Å²) in [6.07, 6.45) is -0.910. The third-order valence-corrected chi connectivity index (χ3v) is 7.41. The standard InChI is InChI=1S/C31H37N5O6/c1-18(2)25(27(37)29-33-22-15-21(16-32)12-13-24(22)42-29)34-28(38)23-11-8-14-36(23)30(39)26(19(3)4)35-31(40)41-17-20-9-6-5-7-10-20/h5-7,9-10,12-13,15,18-19,23,25-27,37H,8,11,14,17H2,1-4H3,(H,34,38)(H,35,40)/t23-,25-,26-,27?/m0/s1. The van der Waals surface area contributed by atoms with E-state index in [1.54, 1.807) is 18.2 Å². The van der Waals surface area contributed by atoms with Crippen molar-refractivity contribution in [3.05, 3.63) is 65.5 Å². The number of hydrogen-bond donors (Lipinski definition) is 3. The smallest absolute Gasteiger partial charge is 0.408 e. The van der Waals surface area contributed by atoms with Crippen LogP contribution in [0.2, 0.25) is 0 Å². The maximum absolute atomic E-state index is 13.6. The summed E-state index contributed by atoms with van der Waals surface area (Å²) in [5.74, 6) is -1.21. The van der Waals surface area contributed by atoms with Crippen molar-refractivity contribution in [2.24, 2.45) is 11.8 Å². The zero-order valence-electron chi connectivity index (χ0n) is 24.2. The first kappa shape index (κ1) is 30.5. The summed E-state index contributed by atoms with van der Waals surface area (Å²) in [5.41, 5.74) is 2.08. The molecule has 11 heteroatoms. The molecule has 42 heavy (non-hydrogen) atoms. The summed E-state index contributed by atoms with van der Waals surface area (Å²) < 4.78 is 11.1. The largest absolute Gasteiger partial charge is 0.445 e. The lowest BCUT2D eigenvalue weighted by atomic mass is 9.97. The third kappa shape index (κ3) is 7.06. The summed E-state index contributed by atoms with van der Waals surface area (Å²) in [6, 6.07) is 13.6. The first-order valence-electron chi connectivity index (χ1n) is 14.2. The van der Waals surface area contributed by atoms with Gasteiger partial charge in [-0.2, -0.15) is 5.26 Å². The Kier molecular flexibility index (Phi) is 9.80. The highest BCUT2D eigenvalue weighted by molar-refractivity contribution is 5.92. The molecule has 1 fully saturated rings. The number of rotatable bonds is 10. The summed E-state index contributed by atoms with van der Waals surface area (Å²) in [5, 5.41) is 25.9. The van der Waals surface area contributed by atoms with Crippen LogP contribution in [-0.4, -0.2) is 57.6 Å². The van der Waals surface area contributed by atoms with Crippen LogP contribution in [0.1, 0.15) is 63.7 Å². The molecule has 0 aliphatic carbocycles. The van der Waals surface area contributed by atoms with Gasteiger partial charge in [0.1, 0.15) is 24.2 Å². The number of fused-ring (bicyclic) bond motifs is 1. The number of ether oxygens (including phenoxy) is 1. The van der Waals surface area contributed by atoms with E-state index in [1.807, 2.05) is 64.1 Å². The van der Waals surface area contributed by atoms with E-state index in [0.29, 0.717) is 36.0 Å². The maximum atomic E-state index is 13.6. The number of likely N-dealkylation sites (tertiary alicyclic amines) is 1. The number of nitrogens with one attached hydrogen (secondary N) is 2. The molecule has 3 amide bonds. The Morgan fingerprint density at radius 1 is 1.12 bits per heavy atom. The Bertz CT molecular complexity index is 1450. The van der Waals surface area contributed by atoms with Gasteiger partial charge in [0.15, 0.2) is 11.7 Å². The lowest BCUT2D eigenvalue weighted by Crippen LogP contribution is -2.56. The number of carbonyl (C=O) groups excluding carboxylic acids is 3. The molecule has 1 aromatic heterocycles. The number of nitrogens with zero attached hydrogens (tertiary/aromatic N) is 3. The molecule has 11 nitrogen and oxygen atoms in total. The SMILES string of the molecule is CC(C)[C@H](NC(=O)[C@@H]1CCCN1C(=O)[C@@H](NC(=O)OCc1ccccc1)C(C)C)C(O)c1nc2cc(C#N)ccc2o1. The van der Waals surface area contributed by atoms with Crippen LogP contribution in [0.5, 0.6) is 0 Å². The second-order valence-electron chi connectivity index (χ2n) is 11.2. The predicted octanol–water partition coefficient (Wildman–Crippen LogP) is 3.82. The first-order chi connectivity index (χ1) is 20.1. The molecule has 1 aliphatic rings. The summed E-state index contributed by atoms with van der Waals surface area (Å²) >= 11 is 0. The number of aliphatic hydroxyl groups excluding tert-OH is 1. The van der Waals surface area contributed by atoms with Crippen LogP contribution in [0.25, 0.3) is 11.1 Å². The van der Waals surface area contributed by atoms with Crippen LogP contribution in [0.3, 0.4) is 0 Å². The van der Waals surface area contributed by atoms with Crippen molar-refractivity contribution in [2.45, 2.75) is 71.4 Å². The van der Waals surface area contributed by atoms with Gasteiger partial charge in [0.25, 0.3) is 0 Å². The van der Waals surface area contributed by atoms with E-state index in [2.05, 4.69) is 15.6 Å². The lowest BCUT2D eigenvalue weighted by molar-refractivity contribution is -0.141. The van der Waals surface area contributed by atoms with Crippen molar-refractivity contribution in [3.8, 4) is 6.07 Å². The molecule has 2 aromatic carbocycles. The highest BCUT2D eigenvalue weighted by Crippen LogP contribution is 2.27. The van der Waals surface area contributed by atoms with Gasteiger partial charge in [-0.3, -0.25) is 9.59 Å². The average molecular weight is 576 g/mol. The van der Waals surface area contributed by atoms with Gasteiger partial charge in [0, 0.05) is 6.54 Å². The number of alkyl carbamates (subject to hydrolysis) is 1. The van der Waals surface area contributed by atoms with E-state index in [1.165, 1.54) is 4.90 Å². The van der Waals surface area contributed by atoms with Crippen LogP contribution in [-0.2, 0) is 20.9 Å². The summed E-state index contributed by atoms with van der Waals surface area (Å²) in [4.78, 5) is 45.5. The monoisotopic (exact) mass is 575 g/mol.